The molecule has 18 heavy (non-hydrogen) atoms. The standard InChI is InChI=1S/C16H24FN/c1-12(2)14-7-9-16(18,10-8-14)11-13-3-5-15(17)6-4-13/h3-6,12,14H,7-11,18H2,1-2H3. The van der Waals surface area contributed by atoms with Gasteiger partial charge in [0.05, 0.1) is 0 Å². The van der Waals surface area contributed by atoms with E-state index >= 15 is 0 Å². The molecule has 0 unspecified atom stereocenters. The van der Waals surface area contributed by atoms with E-state index in [1.165, 1.54) is 25.0 Å². The predicted octanol–water partition coefficient (Wildman–Crippen LogP) is 3.91. The summed E-state index contributed by atoms with van der Waals surface area (Å²) in [6.45, 7) is 4.60. The van der Waals surface area contributed by atoms with Crippen LogP contribution in [-0.4, -0.2) is 5.54 Å². The molecule has 100 valence electrons. The van der Waals surface area contributed by atoms with E-state index in [0.717, 1.165) is 36.7 Å². The normalized spacial score (nSPS) is 28.6. The third-order valence-electron chi connectivity index (χ3n) is 4.44. The van der Waals surface area contributed by atoms with Gasteiger partial charge in [-0.15, -0.1) is 0 Å². The number of rotatable bonds is 3. The SMILES string of the molecule is CC(C)C1CCC(N)(Cc2ccc(F)cc2)CC1. The third-order valence-corrected chi connectivity index (χ3v) is 4.44. The Morgan fingerprint density at radius 1 is 1.22 bits per heavy atom. The van der Waals surface area contributed by atoms with Gasteiger partial charge in [0, 0.05) is 5.54 Å². The molecule has 1 aromatic rings. The summed E-state index contributed by atoms with van der Waals surface area (Å²) in [6, 6.07) is 6.77. The molecule has 2 rings (SSSR count). The summed E-state index contributed by atoms with van der Waals surface area (Å²) in [5, 5.41) is 0. The van der Waals surface area contributed by atoms with Crippen LogP contribution in [0.2, 0.25) is 0 Å². The second-order valence-electron chi connectivity index (χ2n) is 6.25. The van der Waals surface area contributed by atoms with Crippen molar-refractivity contribution >= 4 is 0 Å². The van der Waals surface area contributed by atoms with Crippen LogP contribution in [0, 0.1) is 17.7 Å². The molecule has 0 radical (unpaired) electrons. The van der Waals surface area contributed by atoms with Gasteiger partial charge in [-0.2, -0.15) is 0 Å². The van der Waals surface area contributed by atoms with Gasteiger partial charge in [-0.25, -0.2) is 4.39 Å². The zero-order chi connectivity index (χ0) is 13.2. The van der Waals surface area contributed by atoms with Crippen molar-refractivity contribution in [1.82, 2.24) is 0 Å². The van der Waals surface area contributed by atoms with Crippen LogP contribution in [0.3, 0.4) is 0 Å². The maximum atomic E-state index is 12.9. The van der Waals surface area contributed by atoms with Crippen LogP contribution in [0.25, 0.3) is 0 Å². The number of hydrogen-bond donors (Lipinski definition) is 1. The summed E-state index contributed by atoms with van der Waals surface area (Å²) in [7, 11) is 0. The van der Waals surface area contributed by atoms with Gasteiger partial charge in [0.15, 0.2) is 0 Å². The van der Waals surface area contributed by atoms with Crippen LogP contribution in [-0.2, 0) is 6.42 Å². The van der Waals surface area contributed by atoms with Crippen molar-refractivity contribution in [3.8, 4) is 0 Å². The first-order valence-corrected chi connectivity index (χ1v) is 7.02. The molecule has 0 bridgehead atoms. The molecule has 1 aromatic carbocycles. The molecule has 2 heteroatoms. The Kier molecular flexibility index (Phi) is 4.06. The Morgan fingerprint density at radius 3 is 2.28 bits per heavy atom. The Morgan fingerprint density at radius 2 is 1.78 bits per heavy atom. The van der Waals surface area contributed by atoms with Gasteiger partial charge in [-0.05, 0) is 61.6 Å². The van der Waals surface area contributed by atoms with Crippen LogP contribution in [0.5, 0.6) is 0 Å². The average Bonchev–Trinajstić information content (AvgIpc) is 2.32. The molecule has 0 spiro atoms. The first kappa shape index (κ1) is 13.5. The summed E-state index contributed by atoms with van der Waals surface area (Å²) in [5.41, 5.74) is 7.57. The van der Waals surface area contributed by atoms with Gasteiger partial charge < -0.3 is 5.73 Å². The fourth-order valence-electron chi connectivity index (χ4n) is 3.07. The van der Waals surface area contributed by atoms with Crippen molar-refractivity contribution in [3.05, 3.63) is 35.6 Å². The van der Waals surface area contributed by atoms with E-state index in [4.69, 9.17) is 5.73 Å². The first-order chi connectivity index (χ1) is 8.48. The molecule has 0 aliphatic heterocycles. The number of nitrogens with two attached hydrogens (primary N) is 1. The lowest BCUT2D eigenvalue weighted by atomic mass is 9.71. The largest absolute Gasteiger partial charge is 0.325 e. The second kappa shape index (κ2) is 5.40. The Labute approximate surface area is 110 Å². The lowest BCUT2D eigenvalue weighted by Crippen LogP contribution is -2.45. The molecule has 1 aliphatic carbocycles. The monoisotopic (exact) mass is 249 g/mol. The molecular weight excluding hydrogens is 225 g/mol. The van der Waals surface area contributed by atoms with Crippen LogP contribution < -0.4 is 5.73 Å². The van der Waals surface area contributed by atoms with E-state index in [2.05, 4.69) is 13.8 Å². The minimum Gasteiger partial charge on any atom is -0.325 e. The maximum Gasteiger partial charge on any atom is 0.123 e. The Hall–Kier alpha value is -0.890. The average molecular weight is 249 g/mol. The third kappa shape index (κ3) is 3.32. The maximum absolute atomic E-state index is 12.9. The summed E-state index contributed by atoms with van der Waals surface area (Å²) in [4.78, 5) is 0. The van der Waals surface area contributed by atoms with Gasteiger partial charge >= 0.3 is 0 Å². The molecule has 0 atom stereocenters. The summed E-state index contributed by atoms with van der Waals surface area (Å²) >= 11 is 0. The summed E-state index contributed by atoms with van der Waals surface area (Å²) in [6.07, 6.45) is 5.52. The zero-order valence-corrected chi connectivity index (χ0v) is 11.5. The molecular formula is C16H24FN. The molecule has 1 nitrogen and oxygen atoms in total. The van der Waals surface area contributed by atoms with Crippen molar-refractivity contribution in [2.75, 3.05) is 0 Å². The fourth-order valence-corrected chi connectivity index (χ4v) is 3.07. The van der Waals surface area contributed by atoms with Crippen LogP contribution in [0.1, 0.15) is 45.1 Å². The highest BCUT2D eigenvalue weighted by molar-refractivity contribution is 5.19. The van der Waals surface area contributed by atoms with Crippen molar-refractivity contribution in [3.63, 3.8) is 0 Å². The number of benzene rings is 1. The Bertz CT molecular complexity index is 375. The van der Waals surface area contributed by atoms with Crippen molar-refractivity contribution in [1.29, 1.82) is 0 Å². The van der Waals surface area contributed by atoms with Gasteiger partial charge in [0.25, 0.3) is 0 Å². The van der Waals surface area contributed by atoms with E-state index in [9.17, 15) is 4.39 Å². The van der Waals surface area contributed by atoms with E-state index in [-0.39, 0.29) is 11.4 Å². The Balaban J connectivity index is 1.95. The topological polar surface area (TPSA) is 26.0 Å². The van der Waals surface area contributed by atoms with Gasteiger partial charge in [-0.1, -0.05) is 26.0 Å². The fraction of sp³-hybridized carbons (Fsp3) is 0.625. The molecule has 0 amide bonds. The predicted molar refractivity (Wildman–Crippen MR) is 73.8 cm³/mol. The minimum absolute atomic E-state index is 0.0801. The molecule has 1 saturated carbocycles. The van der Waals surface area contributed by atoms with E-state index < -0.39 is 0 Å². The smallest absolute Gasteiger partial charge is 0.123 e. The summed E-state index contributed by atoms with van der Waals surface area (Å²) < 4.78 is 12.9. The highest BCUT2D eigenvalue weighted by Gasteiger charge is 2.32. The zero-order valence-electron chi connectivity index (χ0n) is 11.5. The molecule has 0 heterocycles. The molecule has 1 fully saturated rings. The van der Waals surface area contributed by atoms with E-state index in [0.29, 0.717) is 0 Å². The quantitative estimate of drug-likeness (QED) is 0.863. The first-order valence-electron chi connectivity index (χ1n) is 7.02. The summed E-state index contributed by atoms with van der Waals surface area (Å²) in [5.74, 6) is 1.42. The lowest BCUT2D eigenvalue weighted by molar-refractivity contribution is 0.194. The number of halogens is 1. The molecule has 0 saturated heterocycles. The van der Waals surface area contributed by atoms with Crippen LogP contribution in [0.15, 0.2) is 24.3 Å². The second-order valence-corrected chi connectivity index (χ2v) is 6.25. The lowest BCUT2D eigenvalue weighted by Gasteiger charge is -2.38. The van der Waals surface area contributed by atoms with Crippen molar-refractivity contribution < 1.29 is 4.39 Å². The minimum atomic E-state index is -0.173. The van der Waals surface area contributed by atoms with E-state index in [1.54, 1.807) is 0 Å². The molecule has 1 aliphatic rings. The highest BCUT2D eigenvalue weighted by atomic mass is 19.1. The van der Waals surface area contributed by atoms with Crippen LogP contribution >= 0.6 is 0 Å². The number of hydrogen-bond acceptors (Lipinski definition) is 1. The van der Waals surface area contributed by atoms with Gasteiger partial charge in [0.1, 0.15) is 5.82 Å². The van der Waals surface area contributed by atoms with Crippen molar-refractivity contribution in [2.24, 2.45) is 17.6 Å². The molecule has 2 N–H and O–H groups in total. The highest BCUT2D eigenvalue weighted by Crippen LogP contribution is 2.36. The van der Waals surface area contributed by atoms with E-state index in [1.807, 2.05) is 12.1 Å². The molecule has 0 aromatic heterocycles. The van der Waals surface area contributed by atoms with Crippen molar-refractivity contribution in [2.45, 2.75) is 51.5 Å². The van der Waals surface area contributed by atoms with Crippen LogP contribution in [0.4, 0.5) is 4.39 Å². The van der Waals surface area contributed by atoms with Gasteiger partial charge in [0.2, 0.25) is 0 Å². The van der Waals surface area contributed by atoms with Gasteiger partial charge in [-0.3, -0.25) is 0 Å².